The molecule has 0 aromatic rings. The fraction of sp³-hybridized carbons (Fsp3) is 0. The molecule has 0 aromatic heterocycles. The Morgan fingerprint density at radius 2 is 2.17 bits per heavy atom. The average Bonchev–Trinajstić information content (AvgIpc) is 1.61. The highest BCUT2D eigenvalue weighted by molar-refractivity contribution is 7.40. The number of rotatable bonds is 3. The molecular formula is H4O4P2. The van der Waals surface area contributed by atoms with E-state index in [2.05, 4.69) is 8.99 Å². The monoisotopic (exact) mass is 130 g/mol. The standard InChI is InChI=1S/H4O4P2/c1-3-6-4-5-2/h1-2,5-6H. The first-order valence-corrected chi connectivity index (χ1v) is 2.69. The lowest BCUT2D eigenvalue weighted by atomic mass is 15.0. The quantitative estimate of drug-likeness (QED) is 0.253. The Kier molecular flexibility index (Phi) is 6.36. The van der Waals surface area contributed by atoms with Crippen LogP contribution in [0.4, 0.5) is 0 Å². The van der Waals surface area contributed by atoms with E-state index in [0.29, 0.717) is 0 Å². The Morgan fingerprint density at radius 3 is 2.33 bits per heavy atom. The maximum absolute atomic E-state index is 7.82. The average molecular weight is 130 g/mol. The summed E-state index contributed by atoms with van der Waals surface area (Å²) in [6.07, 6.45) is 0. The van der Waals surface area contributed by atoms with Crippen LogP contribution in [0, 0.1) is 0 Å². The first-order valence-electron chi connectivity index (χ1n) is 1.02. The molecule has 38 valence electrons. The predicted octanol–water partition coefficient (Wildman–Crippen LogP) is 0.502. The van der Waals surface area contributed by atoms with Gasteiger partial charge in [0.2, 0.25) is 0 Å². The molecule has 0 bridgehead atoms. The lowest BCUT2D eigenvalue weighted by molar-refractivity contribution is -0.129. The molecular weight excluding hydrogens is 126 g/mol. The van der Waals surface area contributed by atoms with Crippen LogP contribution in [-0.2, 0) is 8.99 Å². The molecule has 0 spiro atoms. The molecule has 0 saturated carbocycles. The summed E-state index contributed by atoms with van der Waals surface area (Å²) < 4.78 is 7.56. The van der Waals surface area contributed by atoms with Gasteiger partial charge in [0.15, 0.2) is 18.1 Å². The van der Waals surface area contributed by atoms with Gasteiger partial charge >= 0.3 is 0 Å². The molecule has 6 heavy (non-hydrogen) atoms. The van der Waals surface area contributed by atoms with E-state index in [1.54, 1.807) is 0 Å². The van der Waals surface area contributed by atoms with E-state index in [9.17, 15) is 0 Å². The van der Waals surface area contributed by atoms with Crippen molar-refractivity contribution in [3.63, 3.8) is 0 Å². The van der Waals surface area contributed by atoms with E-state index >= 15 is 0 Å². The van der Waals surface area contributed by atoms with E-state index in [1.165, 1.54) is 0 Å². The first kappa shape index (κ1) is 6.70. The molecule has 0 aliphatic carbocycles. The Bertz CT molecular complexity index is 17.5. The van der Waals surface area contributed by atoms with Crippen molar-refractivity contribution in [2.24, 2.45) is 0 Å². The molecule has 6 heteroatoms. The van der Waals surface area contributed by atoms with Crippen molar-refractivity contribution in [3.8, 4) is 0 Å². The maximum Gasteiger partial charge on any atom is 0.199 e. The van der Waals surface area contributed by atoms with Crippen LogP contribution in [-0.4, -0.2) is 10.2 Å². The Labute approximate surface area is 38.3 Å². The van der Waals surface area contributed by atoms with E-state index in [4.69, 9.17) is 10.2 Å². The predicted molar refractivity (Wildman–Crippen MR) is 23.6 cm³/mol. The van der Waals surface area contributed by atoms with Gasteiger partial charge in [-0.25, -0.2) is 5.26 Å². The Hall–Kier alpha value is 0.700. The first-order chi connectivity index (χ1) is 2.91. The van der Waals surface area contributed by atoms with Gasteiger partial charge in [-0.1, -0.05) is 0 Å². The van der Waals surface area contributed by atoms with Gasteiger partial charge in [0.05, 0.1) is 0 Å². The van der Waals surface area contributed by atoms with Crippen molar-refractivity contribution >= 4 is 18.1 Å². The summed E-state index contributed by atoms with van der Waals surface area (Å²) in [5, 5.41) is 7.48. The van der Waals surface area contributed by atoms with Crippen LogP contribution in [0.5, 0.6) is 0 Å². The van der Waals surface area contributed by atoms with Crippen molar-refractivity contribution < 1.29 is 19.1 Å². The van der Waals surface area contributed by atoms with Crippen molar-refractivity contribution in [1.82, 2.24) is 0 Å². The molecule has 2 unspecified atom stereocenters. The van der Waals surface area contributed by atoms with Crippen LogP contribution in [0.1, 0.15) is 0 Å². The van der Waals surface area contributed by atoms with Crippen LogP contribution in [0.2, 0.25) is 0 Å². The molecule has 0 saturated heterocycles. The molecule has 0 aromatic carbocycles. The van der Waals surface area contributed by atoms with E-state index in [-0.39, 0.29) is 0 Å². The van der Waals surface area contributed by atoms with Crippen molar-refractivity contribution in [1.29, 1.82) is 0 Å². The number of hydrogen-bond acceptors (Lipinski definition) is 4. The van der Waals surface area contributed by atoms with Gasteiger partial charge in [-0.3, -0.25) is 4.31 Å². The lowest BCUT2D eigenvalue weighted by Gasteiger charge is -1.88. The third-order valence-electron chi connectivity index (χ3n) is 0.125. The van der Waals surface area contributed by atoms with E-state index in [0.717, 1.165) is 0 Å². The third-order valence-corrected chi connectivity index (χ3v) is 0.898. The maximum atomic E-state index is 7.82. The summed E-state index contributed by atoms with van der Waals surface area (Å²) in [6, 6.07) is 0. The third kappa shape index (κ3) is 4.70. The smallest absolute Gasteiger partial charge is 0.199 e. The second-order valence-corrected chi connectivity index (χ2v) is 1.72. The highest BCUT2D eigenvalue weighted by atomic mass is 31.2. The van der Waals surface area contributed by atoms with Gasteiger partial charge in [-0.15, -0.1) is 0 Å². The second-order valence-electron chi connectivity index (χ2n) is 0.368. The Morgan fingerprint density at radius 1 is 1.50 bits per heavy atom. The molecule has 0 heterocycles. The summed E-state index contributed by atoms with van der Waals surface area (Å²) in [6.45, 7) is 0. The lowest BCUT2D eigenvalue weighted by Crippen LogP contribution is -1.58. The minimum atomic E-state index is -0.608. The highest BCUT2D eigenvalue weighted by Gasteiger charge is 1.76. The van der Waals surface area contributed by atoms with Crippen molar-refractivity contribution in [3.05, 3.63) is 0 Å². The van der Waals surface area contributed by atoms with Gasteiger partial charge in [-0.05, 0) is 0 Å². The van der Waals surface area contributed by atoms with Crippen LogP contribution in [0.15, 0.2) is 0 Å². The summed E-state index contributed by atoms with van der Waals surface area (Å²) in [5.41, 5.74) is 0. The van der Waals surface area contributed by atoms with Crippen molar-refractivity contribution in [2.75, 3.05) is 0 Å². The molecule has 2 N–H and O–H groups in total. The van der Waals surface area contributed by atoms with Crippen LogP contribution in [0.3, 0.4) is 0 Å². The van der Waals surface area contributed by atoms with Crippen LogP contribution in [0.25, 0.3) is 0 Å². The van der Waals surface area contributed by atoms with Gasteiger partial charge in [0.1, 0.15) is 0 Å². The second kappa shape index (κ2) is 5.70. The molecule has 0 fully saturated rings. The Balaban J connectivity index is 2.34. The summed E-state index contributed by atoms with van der Waals surface area (Å²) >= 11 is 0. The van der Waals surface area contributed by atoms with Crippen LogP contribution >= 0.6 is 18.1 Å². The zero-order valence-corrected chi connectivity index (χ0v) is 4.71. The number of hydrogen-bond donors (Lipinski definition) is 2. The SMILES string of the molecule is OOPOPO. The molecule has 0 aliphatic heterocycles. The summed E-state index contributed by atoms with van der Waals surface area (Å²) in [5.74, 6) is 0. The van der Waals surface area contributed by atoms with Gasteiger partial charge in [0.25, 0.3) is 0 Å². The normalized spacial score (nSPS) is 13.0. The summed E-state index contributed by atoms with van der Waals surface area (Å²) in [7, 11) is -1.08. The molecule has 0 rings (SSSR count). The molecule has 0 radical (unpaired) electrons. The van der Waals surface area contributed by atoms with Gasteiger partial charge in [-0.2, -0.15) is 4.67 Å². The zero-order valence-electron chi connectivity index (χ0n) is 2.71. The zero-order chi connectivity index (χ0) is 4.83. The molecule has 0 aliphatic rings. The highest BCUT2D eigenvalue weighted by Crippen LogP contribution is 2.21. The fourth-order valence-electron chi connectivity index (χ4n) is 0.0373. The molecule has 2 atom stereocenters. The molecule has 0 amide bonds. The van der Waals surface area contributed by atoms with E-state index < -0.39 is 18.1 Å². The minimum absolute atomic E-state index is 0.467. The largest absolute Gasteiger partial charge is 0.352 e. The van der Waals surface area contributed by atoms with Gasteiger partial charge in [0, 0.05) is 0 Å². The fourth-order valence-corrected chi connectivity index (χ4v) is 0.335. The molecule has 4 nitrogen and oxygen atoms in total. The topological polar surface area (TPSA) is 58.9 Å². The van der Waals surface area contributed by atoms with Crippen molar-refractivity contribution in [2.45, 2.75) is 0 Å². The summed E-state index contributed by atoms with van der Waals surface area (Å²) in [4.78, 5) is 7.82. The minimum Gasteiger partial charge on any atom is -0.352 e. The van der Waals surface area contributed by atoms with E-state index in [1.807, 2.05) is 0 Å². The van der Waals surface area contributed by atoms with Crippen LogP contribution < -0.4 is 0 Å². The van der Waals surface area contributed by atoms with Gasteiger partial charge < -0.3 is 4.89 Å².